The molecule has 2 aromatic rings. The Bertz CT molecular complexity index is 796. The summed E-state index contributed by atoms with van der Waals surface area (Å²) < 4.78 is 0. The molecule has 1 aromatic carbocycles. The number of fused-ring (bicyclic) bond motifs is 3. The number of carbonyl (C=O) groups excluding carboxylic acids is 1. The molecule has 2 heterocycles. The van der Waals surface area contributed by atoms with Crippen molar-refractivity contribution in [3.63, 3.8) is 0 Å². The number of hydrogen-bond donors (Lipinski definition) is 2. The van der Waals surface area contributed by atoms with Gasteiger partial charge in [-0.15, -0.1) is 0 Å². The Kier molecular flexibility index (Phi) is 3.40. The highest BCUT2D eigenvalue weighted by atomic mass is 32.2. The number of nitrogens with one attached hydrogen (secondary N) is 2. The van der Waals surface area contributed by atoms with Crippen LogP contribution in [-0.4, -0.2) is 32.3 Å². The average molecular weight is 340 g/mol. The van der Waals surface area contributed by atoms with E-state index >= 15 is 0 Å². The van der Waals surface area contributed by atoms with E-state index in [9.17, 15) is 4.79 Å². The molecule has 2 saturated carbocycles. The first-order chi connectivity index (χ1) is 11.7. The minimum atomic E-state index is -0.136. The maximum absolute atomic E-state index is 12.3. The molecule has 4 unspecified atom stereocenters. The van der Waals surface area contributed by atoms with E-state index in [2.05, 4.69) is 15.3 Å². The van der Waals surface area contributed by atoms with E-state index in [1.54, 1.807) is 11.8 Å². The monoisotopic (exact) mass is 340 g/mol. The number of H-pyrrole nitrogens is 1. The van der Waals surface area contributed by atoms with Gasteiger partial charge in [-0.25, -0.2) is 4.98 Å². The predicted octanol–water partition coefficient (Wildman–Crippen LogP) is 2.88. The largest absolute Gasteiger partial charge is 0.342 e. The maximum Gasteiger partial charge on any atom is 0.239 e. The lowest BCUT2D eigenvalue weighted by Gasteiger charge is -2.17. The van der Waals surface area contributed by atoms with Crippen molar-refractivity contribution in [3.8, 4) is 0 Å². The summed E-state index contributed by atoms with van der Waals surface area (Å²) >= 11 is 1.57. The number of rotatable bonds is 3. The standard InChI is InChI=1S/C18H20N4OS/c23-17-15(9-16-19-12-3-1-2-4-13(12)20-16)24-18(22-17)21-14-8-10-5-6-11(14)7-10/h1-4,10-11,14-15H,5-9H2,(H,19,20)(H,21,22,23). The number of carbonyl (C=O) groups is 1. The zero-order valence-electron chi connectivity index (χ0n) is 13.4. The summed E-state index contributed by atoms with van der Waals surface area (Å²) in [4.78, 5) is 25.0. The van der Waals surface area contributed by atoms with E-state index < -0.39 is 0 Å². The lowest BCUT2D eigenvalue weighted by Crippen LogP contribution is -2.27. The van der Waals surface area contributed by atoms with Crippen molar-refractivity contribution in [2.75, 3.05) is 0 Å². The first-order valence-corrected chi connectivity index (χ1v) is 9.61. The van der Waals surface area contributed by atoms with E-state index in [0.717, 1.165) is 33.9 Å². The Morgan fingerprint density at radius 1 is 1.25 bits per heavy atom. The first-order valence-electron chi connectivity index (χ1n) is 8.73. The minimum Gasteiger partial charge on any atom is -0.342 e. The Morgan fingerprint density at radius 2 is 2.17 bits per heavy atom. The highest BCUT2D eigenvalue weighted by Crippen LogP contribution is 2.46. The summed E-state index contributed by atoms with van der Waals surface area (Å²) in [5.74, 6) is 2.54. The summed E-state index contributed by atoms with van der Waals surface area (Å²) in [6.07, 6.45) is 5.84. The molecule has 3 fully saturated rings. The van der Waals surface area contributed by atoms with Gasteiger partial charge in [-0.05, 0) is 43.2 Å². The molecule has 5 rings (SSSR count). The molecule has 124 valence electrons. The van der Waals surface area contributed by atoms with Crippen LogP contribution in [0.15, 0.2) is 29.3 Å². The van der Waals surface area contributed by atoms with Crippen molar-refractivity contribution in [2.24, 2.45) is 16.8 Å². The van der Waals surface area contributed by atoms with Gasteiger partial charge in [-0.3, -0.25) is 9.79 Å². The number of aromatic amines is 1. The van der Waals surface area contributed by atoms with Gasteiger partial charge < -0.3 is 10.3 Å². The second-order valence-electron chi connectivity index (χ2n) is 7.18. The molecule has 1 aliphatic heterocycles. The van der Waals surface area contributed by atoms with E-state index in [-0.39, 0.29) is 11.2 Å². The third kappa shape index (κ3) is 2.53. The topological polar surface area (TPSA) is 70.1 Å². The Morgan fingerprint density at radius 3 is 2.96 bits per heavy atom. The molecule has 2 N–H and O–H groups in total. The fraction of sp³-hybridized carbons (Fsp3) is 0.500. The highest BCUT2D eigenvalue weighted by Gasteiger charge is 2.40. The van der Waals surface area contributed by atoms with Gasteiger partial charge >= 0.3 is 0 Å². The number of aromatic nitrogens is 2. The number of thioether (sulfide) groups is 1. The molecular formula is C18H20N4OS. The lowest BCUT2D eigenvalue weighted by atomic mass is 9.96. The zero-order chi connectivity index (χ0) is 16.1. The van der Waals surface area contributed by atoms with Gasteiger partial charge in [0.05, 0.1) is 22.3 Å². The van der Waals surface area contributed by atoms with Crippen LogP contribution in [-0.2, 0) is 11.2 Å². The predicted molar refractivity (Wildman–Crippen MR) is 96.0 cm³/mol. The van der Waals surface area contributed by atoms with E-state index in [0.29, 0.717) is 12.5 Å². The van der Waals surface area contributed by atoms with Crippen LogP contribution in [0, 0.1) is 11.8 Å². The average Bonchev–Trinajstić information content (AvgIpc) is 3.32. The molecule has 1 amide bonds. The van der Waals surface area contributed by atoms with Crippen molar-refractivity contribution >= 4 is 33.9 Å². The van der Waals surface area contributed by atoms with E-state index in [1.165, 1.54) is 25.7 Å². The second-order valence-corrected chi connectivity index (χ2v) is 8.37. The molecule has 1 aromatic heterocycles. The maximum atomic E-state index is 12.3. The molecule has 24 heavy (non-hydrogen) atoms. The van der Waals surface area contributed by atoms with Crippen LogP contribution in [0.4, 0.5) is 0 Å². The Hall–Kier alpha value is -1.82. The molecule has 5 nitrogen and oxygen atoms in total. The smallest absolute Gasteiger partial charge is 0.239 e. The normalized spacial score (nSPS) is 33.7. The summed E-state index contributed by atoms with van der Waals surface area (Å²) in [5, 5.41) is 3.66. The van der Waals surface area contributed by atoms with Crippen LogP contribution < -0.4 is 5.32 Å². The molecule has 1 saturated heterocycles. The van der Waals surface area contributed by atoms with Gasteiger partial charge in [0.1, 0.15) is 5.82 Å². The van der Waals surface area contributed by atoms with Crippen LogP contribution in [0.2, 0.25) is 0 Å². The van der Waals surface area contributed by atoms with Gasteiger partial charge in [0.25, 0.3) is 0 Å². The van der Waals surface area contributed by atoms with Gasteiger partial charge in [0.2, 0.25) is 5.91 Å². The number of nitrogens with zero attached hydrogens (tertiary/aromatic N) is 2. The lowest BCUT2D eigenvalue weighted by molar-refractivity contribution is -0.118. The van der Waals surface area contributed by atoms with Crippen LogP contribution >= 0.6 is 11.8 Å². The summed E-state index contributed by atoms with van der Waals surface area (Å²) in [7, 11) is 0. The number of benzene rings is 1. The van der Waals surface area contributed by atoms with E-state index in [1.807, 2.05) is 24.3 Å². The highest BCUT2D eigenvalue weighted by molar-refractivity contribution is 8.15. The molecule has 2 bridgehead atoms. The third-order valence-corrected chi connectivity index (χ3v) is 6.67. The number of amides is 1. The molecule has 4 atom stereocenters. The third-order valence-electron chi connectivity index (χ3n) is 5.58. The van der Waals surface area contributed by atoms with Crippen molar-refractivity contribution in [1.29, 1.82) is 0 Å². The van der Waals surface area contributed by atoms with Crippen molar-refractivity contribution < 1.29 is 4.79 Å². The first kappa shape index (κ1) is 14.5. The van der Waals surface area contributed by atoms with Crippen LogP contribution in [0.25, 0.3) is 11.0 Å². The van der Waals surface area contributed by atoms with Gasteiger partial charge in [0, 0.05) is 6.42 Å². The Balaban J connectivity index is 1.30. The fourth-order valence-corrected chi connectivity index (χ4v) is 5.43. The van der Waals surface area contributed by atoms with Crippen molar-refractivity contribution in [1.82, 2.24) is 15.3 Å². The van der Waals surface area contributed by atoms with E-state index in [4.69, 9.17) is 4.99 Å². The molecule has 3 aliphatic rings. The SMILES string of the molecule is O=C1NC(=NC2CC3CCC2C3)SC1Cc1nc2ccccc2[nH]1. The zero-order valence-corrected chi connectivity index (χ0v) is 14.2. The number of imidazole rings is 1. The van der Waals surface area contributed by atoms with Crippen molar-refractivity contribution in [3.05, 3.63) is 30.1 Å². The molecule has 2 aliphatic carbocycles. The number of para-hydroxylation sites is 2. The molecule has 0 spiro atoms. The number of aliphatic imine (C=N–C) groups is 1. The quantitative estimate of drug-likeness (QED) is 0.902. The van der Waals surface area contributed by atoms with Crippen LogP contribution in [0.5, 0.6) is 0 Å². The van der Waals surface area contributed by atoms with Gasteiger partial charge in [-0.2, -0.15) is 0 Å². The van der Waals surface area contributed by atoms with Crippen LogP contribution in [0.3, 0.4) is 0 Å². The molecular weight excluding hydrogens is 320 g/mol. The minimum absolute atomic E-state index is 0.0577. The molecule has 0 radical (unpaired) electrons. The summed E-state index contributed by atoms with van der Waals surface area (Å²) in [6.45, 7) is 0. The summed E-state index contributed by atoms with van der Waals surface area (Å²) in [5.41, 5.74) is 1.97. The summed E-state index contributed by atoms with van der Waals surface area (Å²) in [6, 6.07) is 8.39. The number of hydrogen-bond acceptors (Lipinski definition) is 4. The van der Waals surface area contributed by atoms with Gasteiger partial charge in [0.15, 0.2) is 5.17 Å². The Labute approximate surface area is 144 Å². The van der Waals surface area contributed by atoms with Gasteiger partial charge in [-0.1, -0.05) is 30.3 Å². The second kappa shape index (κ2) is 5.62. The van der Waals surface area contributed by atoms with Crippen molar-refractivity contribution in [2.45, 2.75) is 43.4 Å². The fourth-order valence-electron chi connectivity index (χ4n) is 4.40. The molecule has 6 heteroatoms. The number of amidine groups is 1. The van der Waals surface area contributed by atoms with Crippen LogP contribution in [0.1, 0.15) is 31.5 Å².